The van der Waals surface area contributed by atoms with Gasteiger partial charge in [-0.25, -0.2) is 0 Å². The van der Waals surface area contributed by atoms with E-state index < -0.39 is 0 Å². The van der Waals surface area contributed by atoms with Crippen molar-refractivity contribution in [3.05, 3.63) is 59.2 Å². The van der Waals surface area contributed by atoms with Gasteiger partial charge in [0.2, 0.25) is 11.8 Å². The number of anilines is 2. The van der Waals surface area contributed by atoms with Crippen molar-refractivity contribution in [3.63, 3.8) is 0 Å². The lowest BCUT2D eigenvalue weighted by atomic mass is 10.1. The lowest BCUT2D eigenvalue weighted by Crippen LogP contribution is -2.41. The predicted octanol–water partition coefficient (Wildman–Crippen LogP) is 3.63. The molecule has 2 aromatic rings. The third-order valence-corrected chi connectivity index (χ3v) is 5.72. The molecule has 26 heavy (non-hydrogen) atoms. The Hall–Kier alpha value is -2.62. The number of para-hydroxylation sites is 1. The van der Waals surface area contributed by atoms with Gasteiger partial charge in [-0.05, 0) is 62.1 Å². The summed E-state index contributed by atoms with van der Waals surface area (Å²) in [5.74, 6) is -0.174. The van der Waals surface area contributed by atoms with Crippen LogP contribution in [0.15, 0.2) is 42.5 Å². The number of fused-ring (bicyclic) bond motifs is 1. The molecule has 0 bridgehead atoms. The number of rotatable bonds is 2. The molecule has 4 nitrogen and oxygen atoms in total. The first-order valence-corrected chi connectivity index (χ1v) is 9.24. The molecule has 1 saturated heterocycles. The van der Waals surface area contributed by atoms with Crippen LogP contribution in [0.4, 0.5) is 11.4 Å². The quantitative estimate of drug-likeness (QED) is 0.831. The van der Waals surface area contributed by atoms with Gasteiger partial charge in [-0.15, -0.1) is 0 Å². The molecule has 4 rings (SSSR count). The summed E-state index contributed by atoms with van der Waals surface area (Å²) in [4.78, 5) is 29.5. The summed E-state index contributed by atoms with van der Waals surface area (Å²) >= 11 is 0. The molecular formula is C22H24N2O2. The fraction of sp³-hybridized carbons (Fsp3) is 0.364. The van der Waals surface area contributed by atoms with Crippen LogP contribution in [0.1, 0.15) is 30.0 Å². The molecule has 0 spiro atoms. The van der Waals surface area contributed by atoms with Gasteiger partial charge in [0.1, 0.15) is 0 Å². The minimum absolute atomic E-state index is 0.0340. The van der Waals surface area contributed by atoms with Crippen LogP contribution in [0.25, 0.3) is 0 Å². The maximum atomic E-state index is 13.2. The summed E-state index contributed by atoms with van der Waals surface area (Å²) in [5.41, 5.74) is 5.47. The Morgan fingerprint density at radius 3 is 2.58 bits per heavy atom. The molecule has 2 aliphatic heterocycles. The lowest BCUT2D eigenvalue weighted by molar-refractivity contribution is -0.124. The molecule has 0 saturated carbocycles. The Morgan fingerprint density at radius 1 is 1.04 bits per heavy atom. The van der Waals surface area contributed by atoms with E-state index in [0.29, 0.717) is 6.54 Å². The van der Waals surface area contributed by atoms with Gasteiger partial charge in [0.25, 0.3) is 0 Å². The van der Waals surface area contributed by atoms with Crippen molar-refractivity contribution in [1.82, 2.24) is 0 Å². The Balaban J connectivity index is 1.57. The second-order valence-electron chi connectivity index (χ2n) is 7.56. The zero-order valence-corrected chi connectivity index (χ0v) is 15.5. The van der Waals surface area contributed by atoms with E-state index in [1.807, 2.05) is 48.2 Å². The molecule has 1 fully saturated rings. The van der Waals surface area contributed by atoms with Gasteiger partial charge in [-0.3, -0.25) is 9.59 Å². The first kappa shape index (κ1) is 16.8. The molecule has 0 aromatic heterocycles. The summed E-state index contributed by atoms with van der Waals surface area (Å²) in [6.07, 6.45) is 1.17. The van der Waals surface area contributed by atoms with Crippen molar-refractivity contribution in [3.8, 4) is 0 Å². The number of amides is 2. The number of benzene rings is 2. The lowest BCUT2D eigenvalue weighted by Gasteiger charge is -2.26. The molecule has 0 N–H and O–H groups in total. The summed E-state index contributed by atoms with van der Waals surface area (Å²) in [7, 11) is 0. The van der Waals surface area contributed by atoms with Crippen LogP contribution in [-0.2, 0) is 16.0 Å². The fourth-order valence-electron chi connectivity index (χ4n) is 4.11. The highest BCUT2D eigenvalue weighted by atomic mass is 16.2. The zero-order chi connectivity index (χ0) is 18.4. The number of carbonyl (C=O) groups excluding carboxylic acids is 2. The summed E-state index contributed by atoms with van der Waals surface area (Å²) < 4.78 is 0. The second-order valence-corrected chi connectivity index (χ2v) is 7.56. The fourth-order valence-corrected chi connectivity index (χ4v) is 4.11. The van der Waals surface area contributed by atoms with Gasteiger partial charge in [-0.2, -0.15) is 0 Å². The minimum atomic E-state index is -0.280. The van der Waals surface area contributed by atoms with Crippen LogP contribution in [0, 0.1) is 19.8 Å². The van der Waals surface area contributed by atoms with Crippen molar-refractivity contribution in [2.24, 2.45) is 5.92 Å². The average molecular weight is 348 g/mol. The van der Waals surface area contributed by atoms with Crippen LogP contribution in [0.2, 0.25) is 0 Å². The summed E-state index contributed by atoms with van der Waals surface area (Å²) in [6, 6.07) is 14.3. The largest absolute Gasteiger partial charge is 0.312 e. The number of aryl methyl sites for hydroxylation is 2. The van der Waals surface area contributed by atoms with Crippen molar-refractivity contribution in [2.45, 2.75) is 39.7 Å². The monoisotopic (exact) mass is 348 g/mol. The second kappa shape index (κ2) is 6.27. The van der Waals surface area contributed by atoms with E-state index in [1.165, 1.54) is 11.1 Å². The normalized spacial score (nSPS) is 22.0. The maximum Gasteiger partial charge on any atom is 0.232 e. The molecule has 0 radical (unpaired) electrons. The highest BCUT2D eigenvalue weighted by Crippen LogP contribution is 2.35. The Labute approximate surface area is 154 Å². The molecule has 0 unspecified atom stereocenters. The summed E-state index contributed by atoms with van der Waals surface area (Å²) in [5, 5.41) is 0. The van der Waals surface area contributed by atoms with Crippen molar-refractivity contribution < 1.29 is 9.59 Å². The molecule has 2 aliphatic rings. The third-order valence-electron chi connectivity index (χ3n) is 5.72. The van der Waals surface area contributed by atoms with E-state index in [9.17, 15) is 9.59 Å². The van der Waals surface area contributed by atoms with Crippen LogP contribution in [0.3, 0.4) is 0 Å². The molecule has 2 amide bonds. The van der Waals surface area contributed by atoms with E-state index in [1.54, 1.807) is 4.90 Å². The number of carbonyl (C=O) groups is 2. The SMILES string of the molecule is Cc1ccc(N2C[C@H](C(=O)N3c4ccccc4C[C@H]3C)CC2=O)cc1C. The van der Waals surface area contributed by atoms with Crippen molar-refractivity contribution in [1.29, 1.82) is 0 Å². The van der Waals surface area contributed by atoms with Crippen LogP contribution >= 0.6 is 0 Å². The number of hydrogen-bond acceptors (Lipinski definition) is 2. The van der Waals surface area contributed by atoms with E-state index in [4.69, 9.17) is 0 Å². The Bertz CT molecular complexity index is 889. The minimum Gasteiger partial charge on any atom is -0.312 e. The summed E-state index contributed by atoms with van der Waals surface area (Å²) in [6.45, 7) is 6.65. The first-order chi connectivity index (χ1) is 12.5. The molecule has 4 heteroatoms. The topological polar surface area (TPSA) is 40.6 Å². The average Bonchev–Trinajstić information content (AvgIpc) is 3.16. The number of nitrogens with zero attached hydrogens (tertiary/aromatic N) is 2. The van der Waals surface area contributed by atoms with Crippen molar-refractivity contribution in [2.75, 3.05) is 16.3 Å². The molecule has 2 aromatic carbocycles. The standard InChI is InChI=1S/C22H24N2O2/c1-14-8-9-19(10-15(14)2)23-13-18(12-21(23)25)22(26)24-16(3)11-17-6-4-5-7-20(17)24/h4-10,16,18H,11-13H2,1-3H3/t16-,18-/m1/s1. The van der Waals surface area contributed by atoms with E-state index in [2.05, 4.69) is 19.9 Å². The van der Waals surface area contributed by atoms with E-state index in [-0.39, 0.29) is 30.2 Å². The zero-order valence-electron chi connectivity index (χ0n) is 15.5. The molecular weight excluding hydrogens is 324 g/mol. The van der Waals surface area contributed by atoms with Crippen LogP contribution < -0.4 is 9.80 Å². The van der Waals surface area contributed by atoms with Crippen molar-refractivity contribution >= 4 is 23.2 Å². The Kier molecular flexibility index (Phi) is 4.06. The van der Waals surface area contributed by atoms with E-state index in [0.717, 1.165) is 23.4 Å². The van der Waals surface area contributed by atoms with Gasteiger partial charge in [0.15, 0.2) is 0 Å². The van der Waals surface area contributed by atoms with Gasteiger partial charge in [0.05, 0.1) is 5.92 Å². The van der Waals surface area contributed by atoms with Gasteiger partial charge >= 0.3 is 0 Å². The van der Waals surface area contributed by atoms with Gasteiger partial charge in [0, 0.05) is 30.4 Å². The molecule has 2 heterocycles. The van der Waals surface area contributed by atoms with Crippen LogP contribution in [-0.4, -0.2) is 24.4 Å². The molecule has 0 aliphatic carbocycles. The van der Waals surface area contributed by atoms with Gasteiger partial charge in [-0.1, -0.05) is 24.3 Å². The van der Waals surface area contributed by atoms with Gasteiger partial charge < -0.3 is 9.80 Å². The Morgan fingerprint density at radius 2 is 1.81 bits per heavy atom. The van der Waals surface area contributed by atoms with E-state index >= 15 is 0 Å². The van der Waals surface area contributed by atoms with Crippen LogP contribution in [0.5, 0.6) is 0 Å². The highest BCUT2D eigenvalue weighted by molar-refractivity contribution is 6.05. The number of hydrogen-bond donors (Lipinski definition) is 0. The predicted molar refractivity (Wildman–Crippen MR) is 103 cm³/mol. The molecule has 134 valence electrons. The third kappa shape index (κ3) is 2.70. The molecule has 2 atom stereocenters. The maximum absolute atomic E-state index is 13.2. The highest BCUT2D eigenvalue weighted by Gasteiger charge is 2.41. The smallest absolute Gasteiger partial charge is 0.232 e. The first-order valence-electron chi connectivity index (χ1n) is 9.24.